The van der Waals surface area contributed by atoms with Gasteiger partial charge in [-0.2, -0.15) is 0 Å². The van der Waals surface area contributed by atoms with E-state index in [1.54, 1.807) is 0 Å². The third kappa shape index (κ3) is 1.65. The molecule has 1 heteroatoms. The normalized spacial score (nSPS) is 9.11. The molecule has 0 unspecified atom stereocenters. The van der Waals surface area contributed by atoms with E-state index in [-0.39, 0.29) is 0 Å². The van der Waals surface area contributed by atoms with Gasteiger partial charge in [-0.25, -0.2) is 0 Å². The van der Waals surface area contributed by atoms with E-state index in [1.165, 1.54) is 8.64 Å². The fourth-order valence-electron chi connectivity index (χ4n) is 0.733. The maximum absolute atomic E-state index is 3.72. The van der Waals surface area contributed by atoms with Gasteiger partial charge in [0.15, 0.2) is 0 Å². The van der Waals surface area contributed by atoms with E-state index < -0.39 is 0 Å². The second kappa shape index (κ2) is 3.16. The van der Waals surface area contributed by atoms with Crippen molar-refractivity contribution >= 4 is 9.15 Å². The van der Waals surface area contributed by atoms with Crippen molar-refractivity contribution in [3.63, 3.8) is 0 Å². The topological polar surface area (TPSA) is 0 Å². The van der Waals surface area contributed by atoms with E-state index in [4.69, 9.17) is 0 Å². The molecule has 0 aliphatic rings. The van der Waals surface area contributed by atoms with E-state index in [0.717, 1.165) is 26.1 Å². The molecule has 9 heavy (non-hydrogen) atoms. The van der Waals surface area contributed by atoms with E-state index in [0.29, 0.717) is 0 Å². The van der Waals surface area contributed by atoms with Crippen LogP contribution in [0.3, 0.4) is 0 Å². The zero-order valence-corrected chi connectivity index (χ0v) is 10.8. The summed E-state index contributed by atoms with van der Waals surface area (Å²) in [6.45, 7) is 3.72. The first-order valence-electron chi connectivity index (χ1n) is 2.88. The molecule has 0 aliphatic carbocycles. The summed E-state index contributed by atoms with van der Waals surface area (Å²) in [4.78, 5) is 0. The zero-order chi connectivity index (χ0) is 6.69. The van der Waals surface area contributed by atoms with Gasteiger partial charge in [-0.1, -0.05) is 0 Å². The third-order valence-electron chi connectivity index (χ3n) is 1.28. The summed E-state index contributed by atoms with van der Waals surface area (Å²) in [5.41, 5.74) is 1.31. The number of hydrogen-bond acceptors (Lipinski definition) is 0. The van der Waals surface area contributed by atoms with Crippen LogP contribution in [0.25, 0.3) is 6.08 Å². The van der Waals surface area contributed by atoms with Gasteiger partial charge in [0.2, 0.25) is 0 Å². The molecule has 0 radical (unpaired) electrons. The molecule has 0 spiro atoms. The standard InChI is InChI=1S/C8H7.Hg/c1-2-8-6-4-3-5-7-8;/h2-6H,1H2;. The summed E-state index contributed by atoms with van der Waals surface area (Å²) in [7, 11) is 0. The van der Waals surface area contributed by atoms with Gasteiger partial charge in [0.1, 0.15) is 0 Å². The molecule has 0 amide bonds. The Kier molecular flexibility index (Phi) is 2.46. The van der Waals surface area contributed by atoms with Crippen LogP contribution in [0.1, 0.15) is 5.56 Å². The van der Waals surface area contributed by atoms with Gasteiger partial charge >= 0.3 is 71.7 Å². The van der Waals surface area contributed by atoms with Crippen LogP contribution >= 0.6 is 0 Å². The molecule has 0 N–H and O–H groups in total. The van der Waals surface area contributed by atoms with Crippen LogP contribution in [-0.4, -0.2) is 0 Å². The van der Waals surface area contributed by atoms with E-state index >= 15 is 0 Å². The summed E-state index contributed by atoms with van der Waals surface area (Å²) < 4.78 is 1.48. The van der Waals surface area contributed by atoms with Gasteiger partial charge < -0.3 is 0 Å². The molecule has 41 valence electrons. The minimum atomic E-state index is 0.727. The van der Waals surface area contributed by atoms with Crippen LogP contribution in [0.2, 0.25) is 0 Å². The summed E-state index contributed by atoms with van der Waals surface area (Å²) in [5, 5.41) is 0. The van der Waals surface area contributed by atoms with Gasteiger partial charge in [0.05, 0.1) is 0 Å². The Morgan fingerprint density at radius 1 is 1.33 bits per heavy atom. The molecule has 0 aromatic heterocycles. The SMILES string of the molecule is C=Cc1cccc[c]1[Hg]. The molecule has 0 atom stereocenters. The molecule has 1 aromatic rings. The molecular weight excluding hydrogens is 297 g/mol. The quantitative estimate of drug-likeness (QED) is 0.690. The number of hydrogen-bond donors (Lipinski definition) is 0. The number of rotatable bonds is 1. The number of benzene rings is 1. The van der Waals surface area contributed by atoms with E-state index in [1.807, 2.05) is 12.1 Å². The van der Waals surface area contributed by atoms with Crippen LogP contribution in [0, 0.1) is 0 Å². The van der Waals surface area contributed by atoms with Gasteiger partial charge in [-0.15, -0.1) is 0 Å². The average Bonchev–Trinajstić information content (AvgIpc) is 1.89. The van der Waals surface area contributed by atoms with Crippen molar-refractivity contribution in [2.24, 2.45) is 0 Å². The van der Waals surface area contributed by atoms with Crippen LogP contribution < -0.4 is 3.07 Å². The van der Waals surface area contributed by atoms with Crippen molar-refractivity contribution in [3.05, 3.63) is 36.4 Å². The van der Waals surface area contributed by atoms with Gasteiger partial charge in [-0.05, 0) is 0 Å². The van der Waals surface area contributed by atoms with Crippen molar-refractivity contribution in [1.29, 1.82) is 0 Å². The van der Waals surface area contributed by atoms with Crippen molar-refractivity contribution in [3.8, 4) is 0 Å². The maximum atomic E-state index is 3.72. The Morgan fingerprint density at radius 2 is 2.00 bits per heavy atom. The molecule has 0 fully saturated rings. The fourth-order valence-corrected chi connectivity index (χ4v) is 2.28. The summed E-state index contributed by atoms with van der Waals surface area (Å²) in [5.74, 6) is 0. The fraction of sp³-hybridized carbons (Fsp3) is 0. The Hall–Kier alpha value is -0.105. The zero-order valence-electron chi connectivity index (χ0n) is 5.30. The van der Waals surface area contributed by atoms with E-state index in [9.17, 15) is 0 Å². The van der Waals surface area contributed by atoms with Crippen molar-refractivity contribution < 1.29 is 26.1 Å². The molecule has 1 rings (SSSR count). The predicted molar refractivity (Wildman–Crippen MR) is 36.2 cm³/mol. The molecule has 0 bridgehead atoms. The van der Waals surface area contributed by atoms with Gasteiger partial charge in [0, 0.05) is 0 Å². The predicted octanol–water partition coefficient (Wildman–Crippen LogP) is 1.50. The van der Waals surface area contributed by atoms with Crippen LogP contribution in [0.4, 0.5) is 0 Å². The van der Waals surface area contributed by atoms with Crippen LogP contribution in [0.15, 0.2) is 30.8 Å². The Morgan fingerprint density at radius 3 is 2.44 bits per heavy atom. The second-order valence-corrected chi connectivity index (χ2v) is 4.86. The molecule has 1 aromatic carbocycles. The molecule has 0 saturated heterocycles. The first-order chi connectivity index (χ1) is 4.34. The molecule has 0 saturated carbocycles. The first-order valence-corrected chi connectivity index (χ1v) is 5.63. The van der Waals surface area contributed by atoms with E-state index in [2.05, 4.69) is 24.8 Å². The molecular formula is C8H7Hg. The third-order valence-corrected chi connectivity index (χ3v) is 3.78. The Balaban J connectivity index is 3.15. The van der Waals surface area contributed by atoms with Crippen molar-refractivity contribution in [1.82, 2.24) is 0 Å². The Labute approximate surface area is 71.6 Å². The second-order valence-electron chi connectivity index (χ2n) is 1.90. The van der Waals surface area contributed by atoms with Crippen LogP contribution in [-0.2, 0) is 26.1 Å². The van der Waals surface area contributed by atoms with Crippen molar-refractivity contribution in [2.75, 3.05) is 0 Å². The minimum absolute atomic E-state index is 0.727. The average molecular weight is 304 g/mol. The molecule has 0 nitrogen and oxygen atoms in total. The Bertz CT molecular complexity index is 216. The summed E-state index contributed by atoms with van der Waals surface area (Å²) in [6.07, 6.45) is 1.92. The first kappa shape index (κ1) is 7.01. The molecule has 0 heterocycles. The van der Waals surface area contributed by atoms with Gasteiger partial charge in [-0.3, -0.25) is 0 Å². The summed E-state index contributed by atoms with van der Waals surface area (Å²) in [6, 6.07) is 8.40. The molecule has 0 aliphatic heterocycles. The monoisotopic (exact) mass is 305 g/mol. The van der Waals surface area contributed by atoms with Crippen molar-refractivity contribution in [2.45, 2.75) is 0 Å². The summed E-state index contributed by atoms with van der Waals surface area (Å²) >= 11 is 0.727. The van der Waals surface area contributed by atoms with Crippen LogP contribution in [0.5, 0.6) is 0 Å². The van der Waals surface area contributed by atoms with Gasteiger partial charge in [0.25, 0.3) is 0 Å².